The fraction of sp³-hybridized carbons (Fsp3) is 0.538. The van der Waals surface area contributed by atoms with Crippen LogP contribution in [0.15, 0.2) is 12.1 Å². The van der Waals surface area contributed by atoms with Crippen molar-refractivity contribution in [3.05, 3.63) is 22.7 Å². The van der Waals surface area contributed by atoms with Crippen LogP contribution in [0.25, 0.3) is 0 Å². The van der Waals surface area contributed by atoms with Crippen molar-refractivity contribution in [1.29, 1.82) is 0 Å². The summed E-state index contributed by atoms with van der Waals surface area (Å²) in [5.41, 5.74) is -0.387. The first-order valence-corrected chi connectivity index (χ1v) is 6.42. The molecule has 7 heteroatoms. The molecular weight excluding hydrogens is 297 g/mol. The molecule has 0 saturated carbocycles. The smallest absolute Gasteiger partial charge is 0.418 e. The summed E-state index contributed by atoms with van der Waals surface area (Å²) >= 11 is 5.93. The number of hydrogen-bond donors (Lipinski definition) is 1. The molecular formula is C13H16ClF3O3. The molecule has 0 heterocycles. The third-order valence-electron chi connectivity index (χ3n) is 2.31. The Morgan fingerprint density at radius 2 is 1.90 bits per heavy atom. The molecule has 3 nitrogen and oxygen atoms in total. The second kappa shape index (κ2) is 6.54. The quantitative estimate of drug-likeness (QED) is 0.888. The number of aliphatic hydroxyl groups excluding tert-OH is 1. The van der Waals surface area contributed by atoms with Gasteiger partial charge in [0.15, 0.2) is 17.6 Å². The van der Waals surface area contributed by atoms with Gasteiger partial charge in [0.1, 0.15) is 0 Å². The second-order valence-electron chi connectivity index (χ2n) is 4.37. The van der Waals surface area contributed by atoms with Gasteiger partial charge in [-0.15, -0.1) is 0 Å². The summed E-state index contributed by atoms with van der Waals surface area (Å²) in [7, 11) is 0. The van der Waals surface area contributed by atoms with Crippen LogP contribution in [0.2, 0.25) is 5.02 Å². The molecule has 20 heavy (non-hydrogen) atoms. The highest BCUT2D eigenvalue weighted by Gasteiger charge is 2.40. The summed E-state index contributed by atoms with van der Waals surface area (Å²) in [4.78, 5) is 0. The van der Waals surface area contributed by atoms with Gasteiger partial charge in [-0.2, -0.15) is 13.2 Å². The molecule has 1 rings (SSSR count). The van der Waals surface area contributed by atoms with Gasteiger partial charge in [-0.25, -0.2) is 0 Å². The Labute approximate surface area is 120 Å². The third-order valence-corrected chi connectivity index (χ3v) is 2.59. The van der Waals surface area contributed by atoms with Crippen molar-refractivity contribution >= 4 is 11.6 Å². The normalized spacial score (nSPS) is 13.4. The summed E-state index contributed by atoms with van der Waals surface area (Å²) in [6, 6.07) is 2.12. The van der Waals surface area contributed by atoms with Crippen LogP contribution in [0, 0.1) is 0 Å². The number of hydrogen-bond acceptors (Lipinski definition) is 3. The lowest BCUT2D eigenvalue weighted by Crippen LogP contribution is -2.20. The minimum absolute atomic E-state index is 0.0389. The first-order valence-electron chi connectivity index (χ1n) is 6.04. The third kappa shape index (κ3) is 4.18. The number of benzene rings is 1. The van der Waals surface area contributed by atoms with E-state index in [1.54, 1.807) is 20.8 Å². The maximum Gasteiger partial charge on any atom is 0.418 e. The minimum Gasteiger partial charge on any atom is -0.490 e. The van der Waals surface area contributed by atoms with E-state index in [0.29, 0.717) is 0 Å². The molecule has 0 aliphatic rings. The SMILES string of the molecule is CCOc1cc(C(O)C(F)(F)F)cc(Cl)c1OC(C)C. The van der Waals surface area contributed by atoms with E-state index in [1.807, 2.05) is 0 Å². The first kappa shape index (κ1) is 16.9. The van der Waals surface area contributed by atoms with E-state index in [9.17, 15) is 18.3 Å². The van der Waals surface area contributed by atoms with Gasteiger partial charge in [0.25, 0.3) is 0 Å². The molecule has 0 spiro atoms. The van der Waals surface area contributed by atoms with Crippen LogP contribution in [0.1, 0.15) is 32.4 Å². The number of ether oxygens (including phenoxy) is 2. The Kier molecular flexibility index (Phi) is 5.53. The van der Waals surface area contributed by atoms with E-state index in [1.165, 1.54) is 0 Å². The Bertz CT molecular complexity index is 461. The van der Waals surface area contributed by atoms with Crippen LogP contribution in [-0.4, -0.2) is 24.0 Å². The molecule has 1 atom stereocenters. The fourth-order valence-electron chi connectivity index (χ4n) is 1.55. The average molecular weight is 313 g/mol. The maximum atomic E-state index is 12.5. The minimum atomic E-state index is -4.77. The molecule has 0 radical (unpaired) electrons. The van der Waals surface area contributed by atoms with Crippen molar-refractivity contribution in [2.45, 2.75) is 39.2 Å². The molecule has 1 aromatic rings. The van der Waals surface area contributed by atoms with Crippen molar-refractivity contribution in [2.24, 2.45) is 0 Å². The molecule has 0 aliphatic heterocycles. The van der Waals surface area contributed by atoms with Crippen LogP contribution >= 0.6 is 11.6 Å². The summed E-state index contributed by atoms with van der Waals surface area (Å²) in [6.07, 6.45) is -7.61. The van der Waals surface area contributed by atoms with Gasteiger partial charge in [-0.05, 0) is 38.5 Å². The van der Waals surface area contributed by atoms with Crippen LogP contribution in [0.3, 0.4) is 0 Å². The number of halogens is 4. The van der Waals surface area contributed by atoms with Gasteiger partial charge in [0, 0.05) is 0 Å². The van der Waals surface area contributed by atoms with Crippen molar-refractivity contribution in [2.75, 3.05) is 6.61 Å². The predicted octanol–water partition coefficient (Wildman–Crippen LogP) is 4.12. The van der Waals surface area contributed by atoms with Gasteiger partial charge in [0.2, 0.25) is 0 Å². The van der Waals surface area contributed by atoms with E-state index in [-0.39, 0.29) is 34.8 Å². The monoisotopic (exact) mass is 312 g/mol. The molecule has 1 unspecified atom stereocenters. The second-order valence-corrected chi connectivity index (χ2v) is 4.78. The van der Waals surface area contributed by atoms with Gasteiger partial charge in [-0.1, -0.05) is 11.6 Å². The fourth-order valence-corrected chi connectivity index (χ4v) is 1.81. The molecule has 114 valence electrons. The summed E-state index contributed by atoms with van der Waals surface area (Å²) in [6.45, 7) is 5.42. The number of rotatable bonds is 5. The molecule has 0 bridgehead atoms. The molecule has 1 N–H and O–H groups in total. The standard InChI is InChI=1S/C13H16ClF3O3/c1-4-19-10-6-8(12(18)13(15,16)17)5-9(14)11(10)20-7(2)3/h5-7,12,18H,4H2,1-3H3. The predicted molar refractivity (Wildman–Crippen MR) is 69.4 cm³/mol. The molecule has 1 aromatic carbocycles. The molecule has 0 aliphatic carbocycles. The summed E-state index contributed by atoms with van der Waals surface area (Å²) in [5, 5.41) is 9.23. The van der Waals surface area contributed by atoms with Crippen LogP contribution in [-0.2, 0) is 0 Å². The highest BCUT2D eigenvalue weighted by atomic mass is 35.5. The Morgan fingerprint density at radius 1 is 1.30 bits per heavy atom. The summed E-state index contributed by atoms with van der Waals surface area (Å²) in [5.74, 6) is 0.244. The zero-order valence-electron chi connectivity index (χ0n) is 11.3. The topological polar surface area (TPSA) is 38.7 Å². The van der Waals surface area contributed by atoms with E-state index >= 15 is 0 Å². The van der Waals surface area contributed by atoms with E-state index in [0.717, 1.165) is 12.1 Å². The highest BCUT2D eigenvalue weighted by Crippen LogP contribution is 2.42. The van der Waals surface area contributed by atoms with Crippen LogP contribution in [0.5, 0.6) is 11.5 Å². The average Bonchev–Trinajstić information content (AvgIpc) is 2.31. The van der Waals surface area contributed by atoms with Gasteiger partial charge >= 0.3 is 6.18 Å². The van der Waals surface area contributed by atoms with E-state index in [2.05, 4.69) is 0 Å². The van der Waals surface area contributed by atoms with Crippen molar-refractivity contribution in [1.82, 2.24) is 0 Å². The lowest BCUT2D eigenvalue weighted by molar-refractivity contribution is -0.206. The largest absolute Gasteiger partial charge is 0.490 e. The van der Waals surface area contributed by atoms with Crippen LogP contribution < -0.4 is 9.47 Å². The number of alkyl halides is 3. The van der Waals surface area contributed by atoms with E-state index < -0.39 is 12.3 Å². The van der Waals surface area contributed by atoms with Gasteiger partial charge in [-0.3, -0.25) is 0 Å². The van der Waals surface area contributed by atoms with Crippen molar-refractivity contribution in [3.8, 4) is 11.5 Å². The molecule has 0 amide bonds. The van der Waals surface area contributed by atoms with Crippen molar-refractivity contribution < 1.29 is 27.8 Å². The maximum absolute atomic E-state index is 12.5. The Hall–Kier alpha value is -1.14. The van der Waals surface area contributed by atoms with Gasteiger partial charge < -0.3 is 14.6 Å². The highest BCUT2D eigenvalue weighted by molar-refractivity contribution is 6.32. The first-order chi connectivity index (χ1) is 9.16. The molecule has 0 fully saturated rings. The van der Waals surface area contributed by atoms with Crippen molar-refractivity contribution in [3.63, 3.8) is 0 Å². The Morgan fingerprint density at radius 3 is 2.35 bits per heavy atom. The molecule has 0 aromatic heterocycles. The molecule has 0 saturated heterocycles. The lowest BCUT2D eigenvalue weighted by atomic mass is 10.1. The summed E-state index contributed by atoms with van der Waals surface area (Å²) < 4.78 is 48.3. The number of aliphatic hydroxyl groups is 1. The lowest BCUT2D eigenvalue weighted by Gasteiger charge is -2.20. The van der Waals surface area contributed by atoms with E-state index in [4.69, 9.17) is 21.1 Å². The van der Waals surface area contributed by atoms with Crippen LogP contribution in [0.4, 0.5) is 13.2 Å². The Balaban J connectivity index is 3.25. The zero-order chi connectivity index (χ0) is 15.5. The van der Waals surface area contributed by atoms with Gasteiger partial charge in [0.05, 0.1) is 17.7 Å². The zero-order valence-corrected chi connectivity index (χ0v) is 12.0.